The van der Waals surface area contributed by atoms with Crippen molar-refractivity contribution in [2.45, 2.75) is 18.7 Å². The number of benzene rings is 1. The van der Waals surface area contributed by atoms with E-state index in [9.17, 15) is 12.8 Å². The number of sulfonamides is 1. The Bertz CT molecular complexity index is 620. The van der Waals surface area contributed by atoms with Crippen LogP contribution in [0.15, 0.2) is 23.1 Å². The van der Waals surface area contributed by atoms with E-state index in [2.05, 4.69) is 0 Å². The van der Waals surface area contributed by atoms with Crippen LogP contribution in [0.2, 0.25) is 0 Å². The first-order chi connectivity index (χ1) is 10.6. The molecule has 0 radical (unpaired) electrons. The van der Waals surface area contributed by atoms with Crippen LogP contribution in [0.3, 0.4) is 0 Å². The van der Waals surface area contributed by atoms with Gasteiger partial charge in [-0.1, -0.05) is 13.8 Å². The molecule has 2 N–H and O–H groups in total. The van der Waals surface area contributed by atoms with Crippen LogP contribution in [0, 0.1) is 11.2 Å². The summed E-state index contributed by atoms with van der Waals surface area (Å²) in [4.78, 5) is -0.205. The van der Waals surface area contributed by atoms with Gasteiger partial charge < -0.3 is 15.2 Å². The second kappa shape index (κ2) is 8.05. The molecule has 0 fully saturated rings. The Morgan fingerprint density at radius 1 is 1.30 bits per heavy atom. The fraction of sp³-hybridized carbons (Fsp3) is 0.600. The number of methoxy groups -OCH3 is 1. The molecule has 0 atom stereocenters. The third-order valence-electron chi connectivity index (χ3n) is 3.34. The average molecular weight is 348 g/mol. The summed E-state index contributed by atoms with van der Waals surface area (Å²) in [5, 5.41) is 0. The van der Waals surface area contributed by atoms with Crippen molar-refractivity contribution in [3.63, 3.8) is 0 Å². The molecule has 0 aliphatic rings. The lowest BCUT2D eigenvalue weighted by Crippen LogP contribution is -2.39. The Balaban J connectivity index is 3.13. The number of ether oxygens (including phenoxy) is 2. The van der Waals surface area contributed by atoms with Crippen LogP contribution in [0.5, 0.6) is 5.75 Å². The van der Waals surface area contributed by atoms with Crippen molar-refractivity contribution in [2.24, 2.45) is 11.1 Å². The van der Waals surface area contributed by atoms with Crippen LogP contribution >= 0.6 is 0 Å². The molecule has 0 saturated carbocycles. The first-order valence-corrected chi connectivity index (χ1v) is 8.66. The number of hydrogen-bond acceptors (Lipinski definition) is 5. The van der Waals surface area contributed by atoms with E-state index in [-0.39, 0.29) is 23.8 Å². The molecule has 1 aromatic rings. The molecule has 6 nitrogen and oxygen atoms in total. The van der Waals surface area contributed by atoms with Gasteiger partial charge in [0.25, 0.3) is 0 Å². The summed E-state index contributed by atoms with van der Waals surface area (Å²) < 4.78 is 50.5. The topological polar surface area (TPSA) is 81.9 Å². The first-order valence-electron chi connectivity index (χ1n) is 7.22. The molecule has 0 aliphatic carbocycles. The van der Waals surface area contributed by atoms with Crippen LogP contribution in [0.4, 0.5) is 4.39 Å². The van der Waals surface area contributed by atoms with E-state index < -0.39 is 21.3 Å². The quantitative estimate of drug-likeness (QED) is 0.683. The Morgan fingerprint density at radius 2 is 1.96 bits per heavy atom. The molecule has 132 valence electrons. The number of hydrogen-bond donors (Lipinski definition) is 1. The molecule has 8 heteroatoms. The van der Waals surface area contributed by atoms with Crippen LogP contribution in [-0.4, -0.2) is 53.2 Å². The highest BCUT2D eigenvalue weighted by Crippen LogP contribution is 2.29. The fourth-order valence-electron chi connectivity index (χ4n) is 1.96. The minimum Gasteiger partial charge on any atom is -0.490 e. The molecule has 0 aliphatic heterocycles. The standard InChI is InChI=1S/C15H25FN2O4S/c1-15(2,10-17)11-18(3)23(19,20)14-9-12(16)5-6-13(14)22-8-7-21-4/h5-6,9H,7-8,10-11,17H2,1-4H3. The van der Waals surface area contributed by atoms with Crippen LogP contribution in [0.1, 0.15) is 13.8 Å². The third-order valence-corrected chi connectivity index (χ3v) is 5.17. The Labute approximate surface area is 137 Å². The molecule has 0 saturated heterocycles. The molecule has 0 heterocycles. The van der Waals surface area contributed by atoms with E-state index in [1.165, 1.54) is 20.2 Å². The Hall–Kier alpha value is -1.22. The van der Waals surface area contributed by atoms with Gasteiger partial charge in [0.05, 0.1) is 6.61 Å². The van der Waals surface area contributed by atoms with Crippen molar-refractivity contribution in [2.75, 3.05) is 40.5 Å². The van der Waals surface area contributed by atoms with Crippen molar-refractivity contribution in [1.82, 2.24) is 4.31 Å². The molecule has 23 heavy (non-hydrogen) atoms. The molecular weight excluding hydrogens is 323 g/mol. The number of rotatable bonds is 9. The van der Waals surface area contributed by atoms with Crippen LogP contribution in [-0.2, 0) is 14.8 Å². The van der Waals surface area contributed by atoms with Gasteiger partial charge in [0.1, 0.15) is 23.1 Å². The van der Waals surface area contributed by atoms with Gasteiger partial charge in [0.2, 0.25) is 10.0 Å². The normalized spacial score (nSPS) is 12.7. The van der Waals surface area contributed by atoms with Crippen LogP contribution in [0.25, 0.3) is 0 Å². The highest BCUT2D eigenvalue weighted by Gasteiger charge is 2.30. The van der Waals surface area contributed by atoms with Gasteiger partial charge in [-0.2, -0.15) is 0 Å². The molecule has 0 amide bonds. The maximum atomic E-state index is 13.6. The largest absolute Gasteiger partial charge is 0.490 e. The zero-order valence-corrected chi connectivity index (χ0v) is 14.8. The van der Waals surface area contributed by atoms with E-state index in [0.717, 1.165) is 16.4 Å². The smallest absolute Gasteiger partial charge is 0.246 e. The van der Waals surface area contributed by atoms with Crippen molar-refractivity contribution in [3.05, 3.63) is 24.0 Å². The predicted molar refractivity (Wildman–Crippen MR) is 86.4 cm³/mol. The number of nitrogens with zero attached hydrogens (tertiary/aromatic N) is 1. The van der Waals surface area contributed by atoms with Gasteiger partial charge in [-0.25, -0.2) is 17.1 Å². The molecule has 0 unspecified atom stereocenters. The highest BCUT2D eigenvalue weighted by molar-refractivity contribution is 7.89. The summed E-state index contributed by atoms with van der Waals surface area (Å²) in [5.41, 5.74) is 5.25. The van der Waals surface area contributed by atoms with Crippen molar-refractivity contribution in [3.8, 4) is 5.75 Å². The lowest BCUT2D eigenvalue weighted by Gasteiger charge is -2.28. The van der Waals surface area contributed by atoms with Crippen molar-refractivity contribution >= 4 is 10.0 Å². The molecule has 0 bridgehead atoms. The molecule has 1 aromatic carbocycles. The summed E-state index contributed by atoms with van der Waals surface area (Å²) in [6.07, 6.45) is 0. The first kappa shape index (κ1) is 19.8. The van der Waals surface area contributed by atoms with E-state index in [1.54, 1.807) is 0 Å². The van der Waals surface area contributed by atoms with E-state index in [4.69, 9.17) is 15.2 Å². The third kappa shape index (κ3) is 5.42. The second-order valence-corrected chi connectivity index (χ2v) is 8.08. The van der Waals surface area contributed by atoms with E-state index in [0.29, 0.717) is 13.2 Å². The summed E-state index contributed by atoms with van der Waals surface area (Å²) >= 11 is 0. The minimum atomic E-state index is -3.90. The SMILES string of the molecule is COCCOc1ccc(F)cc1S(=O)(=O)N(C)CC(C)(C)CN. The van der Waals surface area contributed by atoms with Gasteiger partial charge in [-0.05, 0) is 30.2 Å². The maximum absolute atomic E-state index is 13.6. The zero-order valence-electron chi connectivity index (χ0n) is 14.0. The average Bonchev–Trinajstić information content (AvgIpc) is 2.48. The summed E-state index contributed by atoms with van der Waals surface area (Å²) in [6, 6.07) is 3.42. The summed E-state index contributed by atoms with van der Waals surface area (Å²) in [6.45, 7) is 4.73. The molecule has 0 aromatic heterocycles. The van der Waals surface area contributed by atoms with Crippen molar-refractivity contribution < 1.29 is 22.3 Å². The lowest BCUT2D eigenvalue weighted by atomic mass is 9.94. The molecule has 0 spiro atoms. The number of halogens is 1. The highest BCUT2D eigenvalue weighted by atomic mass is 32.2. The van der Waals surface area contributed by atoms with Gasteiger partial charge >= 0.3 is 0 Å². The van der Waals surface area contributed by atoms with E-state index in [1.807, 2.05) is 13.8 Å². The van der Waals surface area contributed by atoms with Crippen molar-refractivity contribution in [1.29, 1.82) is 0 Å². The van der Waals surface area contributed by atoms with Gasteiger partial charge in [0.15, 0.2) is 0 Å². The molecular formula is C15H25FN2O4S. The summed E-state index contributed by atoms with van der Waals surface area (Å²) in [5.74, 6) is -0.546. The second-order valence-electron chi connectivity index (χ2n) is 6.06. The lowest BCUT2D eigenvalue weighted by molar-refractivity contribution is 0.144. The monoisotopic (exact) mass is 348 g/mol. The van der Waals surface area contributed by atoms with Crippen LogP contribution < -0.4 is 10.5 Å². The Kier molecular flexibility index (Phi) is 6.94. The predicted octanol–water partition coefficient (Wildman–Crippen LogP) is 1.46. The van der Waals surface area contributed by atoms with Gasteiger partial charge in [0, 0.05) is 20.7 Å². The zero-order chi connectivity index (χ0) is 17.7. The van der Waals surface area contributed by atoms with Gasteiger partial charge in [-0.15, -0.1) is 0 Å². The Morgan fingerprint density at radius 3 is 2.52 bits per heavy atom. The minimum absolute atomic E-state index is 0.0980. The van der Waals surface area contributed by atoms with Gasteiger partial charge in [-0.3, -0.25) is 0 Å². The fourth-order valence-corrected chi connectivity index (χ4v) is 3.46. The van der Waals surface area contributed by atoms with E-state index >= 15 is 0 Å². The maximum Gasteiger partial charge on any atom is 0.246 e. The summed E-state index contributed by atoms with van der Waals surface area (Å²) in [7, 11) is -0.951. The molecule has 1 rings (SSSR count). The number of nitrogens with two attached hydrogens (primary N) is 1.